The summed E-state index contributed by atoms with van der Waals surface area (Å²) in [5.41, 5.74) is 1.56. The summed E-state index contributed by atoms with van der Waals surface area (Å²) in [6.07, 6.45) is 0.987. The number of rotatable bonds is 3. The van der Waals surface area contributed by atoms with Crippen LogP contribution in [0.15, 0.2) is 55.0 Å². The Bertz CT molecular complexity index is 889. The van der Waals surface area contributed by atoms with E-state index in [0.717, 1.165) is 5.56 Å². The van der Waals surface area contributed by atoms with E-state index in [1.807, 2.05) is 24.3 Å². The molecular weight excluding hydrogens is 363 g/mol. The molecule has 0 spiro atoms. The summed E-state index contributed by atoms with van der Waals surface area (Å²) in [4.78, 5) is 19.9. The highest BCUT2D eigenvalue weighted by molar-refractivity contribution is 5.92. The van der Waals surface area contributed by atoms with Crippen molar-refractivity contribution in [2.75, 3.05) is 7.05 Å². The van der Waals surface area contributed by atoms with Crippen molar-refractivity contribution in [3.63, 3.8) is 0 Å². The number of carbonyl (C=O) groups excluding carboxylic acids is 1. The third-order valence-corrected chi connectivity index (χ3v) is 3.04. The van der Waals surface area contributed by atoms with Gasteiger partial charge >= 0.3 is 6.18 Å². The highest BCUT2D eigenvalue weighted by Gasteiger charge is 2.15. The van der Waals surface area contributed by atoms with Crippen LogP contribution < -0.4 is 0 Å². The van der Waals surface area contributed by atoms with Gasteiger partial charge in [-0.2, -0.15) is 18.3 Å². The molecule has 0 saturated heterocycles. The van der Waals surface area contributed by atoms with Crippen molar-refractivity contribution >= 4 is 5.91 Å². The number of hydrogen-bond donors (Lipinski definition) is 1. The molecule has 7 nitrogen and oxygen atoms in total. The van der Waals surface area contributed by atoms with Crippen LogP contribution in [0.1, 0.15) is 17.4 Å². The Morgan fingerprint density at radius 1 is 1.15 bits per heavy atom. The number of alkyl halides is 3. The van der Waals surface area contributed by atoms with Gasteiger partial charge < -0.3 is 0 Å². The minimum Gasteiger partial charge on any atom is -0.286 e. The van der Waals surface area contributed by atoms with E-state index in [4.69, 9.17) is 0 Å². The van der Waals surface area contributed by atoms with Crippen molar-refractivity contribution in [3.05, 3.63) is 60.7 Å². The average molecular weight is 379 g/mol. The summed E-state index contributed by atoms with van der Waals surface area (Å²) in [6.45, 7) is 0.188. The van der Waals surface area contributed by atoms with Crippen molar-refractivity contribution in [2.45, 2.75) is 13.1 Å². The Kier molecular flexibility index (Phi) is 6.24. The molecule has 0 saturated carbocycles. The molecule has 3 aromatic heterocycles. The summed E-state index contributed by atoms with van der Waals surface area (Å²) >= 11 is 0. The SMILES string of the molecule is CC(F)(F)F.CN(O)C(=O)c1cc(-c2ccn(-c3ccccn3)n2)ccn1. The Hall–Kier alpha value is -3.27. The molecule has 27 heavy (non-hydrogen) atoms. The molecule has 0 radical (unpaired) electrons. The zero-order valence-corrected chi connectivity index (χ0v) is 14.4. The van der Waals surface area contributed by atoms with E-state index >= 15 is 0 Å². The first-order valence-electron chi connectivity index (χ1n) is 7.62. The van der Waals surface area contributed by atoms with Gasteiger partial charge in [0.2, 0.25) is 0 Å². The van der Waals surface area contributed by atoms with Crippen molar-refractivity contribution in [1.29, 1.82) is 0 Å². The molecule has 1 N–H and O–H groups in total. The number of carbonyl (C=O) groups is 1. The van der Waals surface area contributed by atoms with Crippen LogP contribution in [0.3, 0.4) is 0 Å². The molecule has 3 rings (SSSR count). The van der Waals surface area contributed by atoms with Gasteiger partial charge in [0.1, 0.15) is 5.69 Å². The highest BCUT2D eigenvalue weighted by atomic mass is 19.4. The van der Waals surface area contributed by atoms with E-state index in [1.54, 1.807) is 29.2 Å². The van der Waals surface area contributed by atoms with Crippen LogP contribution in [0.25, 0.3) is 17.1 Å². The number of halogens is 3. The fourth-order valence-electron chi connectivity index (χ4n) is 1.97. The summed E-state index contributed by atoms with van der Waals surface area (Å²) < 4.78 is 32.7. The van der Waals surface area contributed by atoms with Crippen LogP contribution >= 0.6 is 0 Å². The van der Waals surface area contributed by atoms with Crippen molar-refractivity contribution in [2.24, 2.45) is 0 Å². The lowest BCUT2D eigenvalue weighted by Crippen LogP contribution is -2.23. The summed E-state index contributed by atoms with van der Waals surface area (Å²) in [5.74, 6) is 0.125. The monoisotopic (exact) mass is 379 g/mol. The number of aromatic nitrogens is 4. The van der Waals surface area contributed by atoms with Gasteiger partial charge in [-0.15, -0.1) is 0 Å². The molecule has 0 fully saturated rings. The molecule has 0 aromatic carbocycles. The normalized spacial score (nSPS) is 10.7. The molecule has 0 bridgehead atoms. The molecule has 0 unspecified atom stereocenters. The van der Waals surface area contributed by atoms with Gasteiger partial charge in [-0.3, -0.25) is 15.0 Å². The Labute approximate surface area is 152 Å². The first-order valence-corrected chi connectivity index (χ1v) is 7.62. The highest BCUT2D eigenvalue weighted by Crippen LogP contribution is 2.18. The van der Waals surface area contributed by atoms with Gasteiger partial charge in [-0.25, -0.2) is 14.7 Å². The second kappa shape index (κ2) is 8.41. The predicted molar refractivity (Wildman–Crippen MR) is 90.2 cm³/mol. The van der Waals surface area contributed by atoms with E-state index in [1.165, 1.54) is 13.2 Å². The lowest BCUT2D eigenvalue weighted by molar-refractivity contribution is -0.110. The second-order valence-electron chi connectivity index (χ2n) is 5.37. The third-order valence-electron chi connectivity index (χ3n) is 3.04. The fraction of sp³-hybridized carbons (Fsp3) is 0.176. The third kappa shape index (κ3) is 6.19. The molecule has 1 amide bonds. The van der Waals surface area contributed by atoms with Crippen LogP contribution in [0.4, 0.5) is 13.2 Å². The molecule has 0 atom stereocenters. The Morgan fingerprint density at radius 2 is 1.85 bits per heavy atom. The fourth-order valence-corrected chi connectivity index (χ4v) is 1.97. The molecule has 0 aliphatic carbocycles. The minimum atomic E-state index is -4.00. The molecule has 10 heteroatoms. The van der Waals surface area contributed by atoms with Crippen LogP contribution in [0, 0.1) is 0 Å². The van der Waals surface area contributed by atoms with Gasteiger partial charge in [-0.05, 0) is 30.3 Å². The van der Waals surface area contributed by atoms with Gasteiger partial charge in [0.05, 0.1) is 5.69 Å². The smallest absolute Gasteiger partial charge is 0.286 e. The largest absolute Gasteiger partial charge is 0.386 e. The first-order chi connectivity index (χ1) is 12.6. The average Bonchev–Trinajstić information content (AvgIpc) is 3.10. The molecule has 142 valence electrons. The Morgan fingerprint density at radius 3 is 2.44 bits per heavy atom. The van der Waals surface area contributed by atoms with Crippen molar-refractivity contribution < 1.29 is 23.2 Å². The summed E-state index contributed by atoms with van der Waals surface area (Å²) in [6, 6.07) is 10.7. The maximum atomic E-state index is 11.7. The zero-order valence-electron chi connectivity index (χ0n) is 14.4. The number of nitrogens with zero attached hydrogens (tertiary/aromatic N) is 5. The van der Waals surface area contributed by atoms with Gasteiger partial charge in [0.25, 0.3) is 5.91 Å². The lowest BCUT2D eigenvalue weighted by Gasteiger charge is -2.07. The second-order valence-corrected chi connectivity index (χ2v) is 5.37. The van der Waals surface area contributed by atoms with Crippen LogP contribution in [-0.2, 0) is 0 Å². The van der Waals surface area contributed by atoms with Gasteiger partial charge in [0.15, 0.2) is 5.82 Å². The standard InChI is InChI=1S/C15H13N5O2.C2H3F3/c1-19(22)15(21)13-10-11(5-8-16-13)12-6-9-20(18-12)14-4-2-3-7-17-14;1-2(3,4)5/h2-10,22H,1H3;1H3. The van der Waals surface area contributed by atoms with Crippen molar-refractivity contribution in [1.82, 2.24) is 24.8 Å². The molecule has 3 heterocycles. The first kappa shape index (κ1) is 20.0. The maximum absolute atomic E-state index is 11.7. The van der Waals surface area contributed by atoms with Gasteiger partial charge in [-0.1, -0.05) is 6.07 Å². The van der Waals surface area contributed by atoms with Crippen LogP contribution in [0.5, 0.6) is 0 Å². The lowest BCUT2D eigenvalue weighted by atomic mass is 10.1. The molecular formula is C17H16F3N5O2. The topological polar surface area (TPSA) is 84.1 Å². The van der Waals surface area contributed by atoms with Crippen LogP contribution in [-0.4, -0.2) is 49.2 Å². The summed E-state index contributed by atoms with van der Waals surface area (Å²) in [5, 5.41) is 14.1. The number of hydroxylamine groups is 2. The van der Waals surface area contributed by atoms with Crippen molar-refractivity contribution in [3.8, 4) is 17.1 Å². The van der Waals surface area contributed by atoms with E-state index < -0.39 is 12.1 Å². The zero-order chi connectivity index (χ0) is 20.0. The van der Waals surface area contributed by atoms with Gasteiger partial charge in [0, 0.05) is 38.1 Å². The maximum Gasteiger partial charge on any atom is 0.386 e. The minimum absolute atomic E-state index is 0.148. The van der Waals surface area contributed by atoms with E-state index in [0.29, 0.717) is 16.6 Å². The molecule has 3 aromatic rings. The predicted octanol–water partition coefficient (Wildman–Crippen LogP) is 3.36. The number of pyridine rings is 2. The number of amides is 1. The van der Waals surface area contributed by atoms with E-state index in [2.05, 4.69) is 15.1 Å². The molecule has 0 aliphatic rings. The quantitative estimate of drug-likeness (QED) is 0.557. The van der Waals surface area contributed by atoms with Crippen LogP contribution in [0.2, 0.25) is 0 Å². The Balaban J connectivity index is 0.000000465. The number of hydrogen-bond acceptors (Lipinski definition) is 5. The molecule has 0 aliphatic heterocycles. The van der Waals surface area contributed by atoms with E-state index in [-0.39, 0.29) is 12.6 Å². The summed E-state index contributed by atoms with van der Waals surface area (Å²) in [7, 11) is 1.26. The van der Waals surface area contributed by atoms with E-state index in [9.17, 15) is 23.2 Å².